The quantitative estimate of drug-likeness (QED) is 0.855. The summed E-state index contributed by atoms with van der Waals surface area (Å²) in [5, 5.41) is 15.8. The molecule has 1 aromatic heterocycles. The molecule has 7 heteroatoms. The third-order valence-corrected chi connectivity index (χ3v) is 3.57. The van der Waals surface area contributed by atoms with Crippen molar-refractivity contribution in [2.45, 2.75) is 19.4 Å². The molecule has 21 heavy (non-hydrogen) atoms. The number of aliphatic carboxylic acids is 1. The van der Waals surface area contributed by atoms with E-state index < -0.39 is 11.9 Å². The van der Waals surface area contributed by atoms with E-state index in [1.165, 1.54) is 4.90 Å². The Morgan fingerprint density at radius 3 is 2.81 bits per heavy atom. The van der Waals surface area contributed by atoms with Crippen LogP contribution in [0, 0.1) is 6.92 Å². The number of carboxylic acids is 1. The molecule has 2 aromatic rings. The first-order valence-electron chi connectivity index (χ1n) is 6.55. The number of aromatic amines is 1. The minimum atomic E-state index is -0.939. The molecular formula is C14H14N4O3. The van der Waals surface area contributed by atoms with Gasteiger partial charge in [0.05, 0.1) is 5.92 Å². The first-order valence-corrected chi connectivity index (χ1v) is 6.55. The standard InChI is InChI=1S/C14H14N4O3/c1-8-15-12(17-16-8)13(19)18-6-9-4-2-3-5-10(9)11(7-18)14(20)21/h2-5,11H,6-7H2,1H3,(H,20,21)(H,15,16,17). The summed E-state index contributed by atoms with van der Waals surface area (Å²) in [6.07, 6.45) is 0. The molecule has 0 radical (unpaired) electrons. The van der Waals surface area contributed by atoms with Gasteiger partial charge in [-0.1, -0.05) is 24.3 Å². The van der Waals surface area contributed by atoms with Crippen molar-refractivity contribution in [1.82, 2.24) is 20.1 Å². The van der Waals surface area contributed by atoms with E-state index in [1.807, 2.05) is 18.2 Å². The molecule has 1 aliphatic rings. The van der Waals surface area contributed by atoms with Crippen LogP contribution in [0.25, 0.3) is 0 Å². The molecule has 7 nitrogen and oxygen atoms in total. The summed E-state index contributed by atoms with van der Waals surface area (Å²) in [4.78, 5) is 29.3. The normalized spacial score (nSPS) is 17.4. The first kappa shape index (κ1) is 13.3. The maximum Gasteiger partial charge on any atom is 0.312 e. The summed E-state index contributed by atoms with van der Waals surface area (Å²) in [5.41, 5.74) is 1.61. The predicted molar refractivity (Wildman–Crippen MR) is 72.7 cm³/mol. The van der Waals surface area contributed by atoms with Gasteiger partial charge in [0.15, 0.2) is 0 Å². The van der Waals surface area contributed by atoms with Crippen LogP contribution in [-0.4, -0.2) is 43.6 Å². The molecule has 0 aliphatic carbocycles. The number of aryl methyl sites for hydroxylation is 1. The average molecular weight is 286 g/mol. The number of rotatable bonds is 2. The number of amides is 1. The molecule has 1 unspecified atom stereocenters. The SMILES string of the molecule is Cc1nc(C(=O)N2Cc3ccccc3C(C(=O)O)C2)n[nH]1. The molecule has 108 valence electrons. The van der Waals surface area contributed by atoms with Gasteiger partial charge in [-0.25, -0.2) is 4.98 Å². The first-order chi connectivity index (χ1) is 10.1. The Bertz CT molecular complexity index is 710. The van der Waals surface area contributed by atoms with E-state index in [4.69, 9.17) is 0 Å². The van der Waals surface area contributed by atoms with Gasteiger partial charge in [0.2, 0.25) is 5.82 Å². The number of carbonyl (C=O) groups is 2. The van der Waals surface area contributed by atoms with Crippen molar-refractivity contribution in [2.75, 3.05) is 6.54 Å². The van der Waals surface area contributed by atoms with Gasteiger partial charge in [0.1, 0.15) is 5.82 Å². The number of carbonyl (C=O) groups excluding carboxylic acids is 1. The molecule has 0 fully saturated rings. The number of benzene rings is 1. The summed E-state index contributed by atoms with van der Waals surface area (Å²) < 4.78 is 0. The lowest BCUT2D eigenvalue weighted by molar-refractivity contribution is -0.139. The van der Waals surface area contributed by atoms with E-state index in [0.717, 1.165) is 11.1 Å². The van der Waals surface area contributed by atoms with Gasteiger partial charge in [0, 0.05) is 13.1 Å². The van der Waals surface area contributed by atoms with Gasteiger partial charge in [-0.15, -0.1) is 5.10 Å². The third-order valence-electron chi connectivity index (χ3n) is 3.57. The van der Waals surface area contributed by atoms with Crippen LogP contribution in [0.5, 0.6) is 0 Å². The van der Waals surface area contributed by atoms with E-state index >= 15 is 0 Å². The van der Waals surface area contributed by atoms with Crippen LogP contribution < -0.4 is 0 Å². The number of H-pyrrole nitrogens is 1. The van der Waals surface area contributed by atoms with Crippen molar-refractivity contribution in [3.8, 4) is 0 Å². The highest BCUT2D eigenvalue weighted by molar-refractivity contribution is 5.91. The predicted octanol–water partition coefficient (Wildman–Crippen LogP) is 0.937. The summed E-state index contributed by atoms with van der Waals surface area (Å²) in [5.74, 6) is -1.41. The van der Waals surface area contributed by atoms with Crippen molar-refractivity contribution < 1.29 is 14.7 Å². The van der Waals surface area contributed by atoms with Crippen molar-refractivity contribution in [3.63, 3.8) is 0 Å². The summed E-state index contributed by atoms with van der Waals surface area (Å²) in [6.45, 7) is 2.19. The number of fused-ring (bicyclic) bond motifs is 1. The molecule has 1 atom stereocenters. The fraction of sp³-hybridized carbons (Fsp3) is 0.286. The maximum atomic E-state index is 12.4. The number of hydrogen-bond donors (Lipinski definition) is 2. The van der Waals surface area contributed by atoms with Crippen LogP contribution in [0.4, 0.5) is 0 Å². The van der Waals surface area contributed by atoms with Gasteiger partial charge in [-0.2, -0.15) is 0 Å². The Hall–Kier alpha value is -2.70. The molecule has 0 spiro atoms. The number of nitrogens with zero attached hydrogens (tertiary/aromatic N) is 3. The zero-order valence-corrected chi connectivity index (χ0v) is 11.4. The van der Waals surface area contributed by atoms with Crippen molar-refractivity contribution in [2.24, 2.45) is 0 Å². The highest BCUT2D eigenvalue weighted by Gasteiger charge is 2.33. The molecule has 1 aromatic carbocycles. The molecule has 0 saturated carbocycles. The summed E-state index contributed by atoms with van der Waals surface area (Å²) in [6, 6.07) is 7.29. The van der Waals surface area contributed by atoms with E-state index in [-0.39, 0.29) is 18.3 Å². The molecule has 2 heterocycles. The van der Waals surface area contributed by atoms with E-state index in [0.29, 0.717) is 12.4 Å². The molecule has 0 saturated heterocycles. The highest BCUT2D eigenvalue weighted by Crippen LogP contribution is 2.29. The highest BCUT2D eigenvalue weighted by atomic mass is 16.4. The topological polar surface area (TPSA) is 99.2 Å². The molecular weight excluding hydrogens is 272 g/mol. The van der Waals surface area contributed by atoms with Gasteiger partial charge < -0.3 is 10.0 Å². The summed E-state index contributed by atoms with van der Waals surface area (Å²) in [7, 11) is 0. The van der Waals surface area contributed by atoms with Crippen LogP contribution in [0.15, 0.2) is 24.3 Å². The minimum absolute atomic E-state index is 0.0658. The van der Waals surface area contributed by atoms with Crippen molar-refractivity contribution in [1.29, 1.82) is 0 Å². The smallest absolute Gasteiger partial charge is 0.312 e. The molecule has 2 N–H and O–H groups in total. The Kier molecular flexibility index (Phi) is 3.17. The number of hydrogen-bond acceptors (Lipinski definition) is 4. The lowest BCUT2D eigenvalue weighted by atomic mass is 9.90. The van der Waals surface area contributed by atoms with Crippen LogP contribution in [0.3, 0.4) is 0 Å². The monoisotopic (exact) mass is 286 g/mol. The molecule has 0 bridgehead atoms. The van der Waals surface area contributed by atoms with Crippen molar-refractivity contribution >= 4 is 11.9 Å². The van der Waals surface area contributed by atoms with Crippen LogP contribution in [-0.2, 0) is 11.3 Å². The Balaban J connectivity index is 1.93. The maximum absolute atomic E-state index is 12.4. The summed E-state index contributed by atoms with van der Waals surface area (Å²) >= 11 is 0. The van der Waals surface area contributed by atoms with Gasteiger partial charge in [0.25, 0.3) is 5.91 Å². The largest absolute Gasteiger partial charge is 0.481 e. The second kappa shape index (κ2) is 5.01. The lowest BCUT2D eigenvalue weighted by Gasteiger charge is -2.32. The number of nitrogens with one attached hydrogen (secondary N) is 1. The number of carboxylic acid groups (broad SMARTS) is 1. The van der Waals surface area contributed by atoms with Gasteiger partial charge in [-0.3, -0.25) is 14.7 Å². The average Bonchev–Trinajstić information content (AvgIpc) is 2.91. The fourth-order valence-corrected chi connectivity index (χ4v) is 2.55. The van der Waals surface area contributed by atoms with Gasteiger partial charge in [-0.05, 0) is 18.1 Å². The third kappa shape index (κ3) is 2.37. The fourth-order valence-electron chi connectivity index (χ4n) is 2.55. The zero-order valence-electron chi connectivity index (χ0n) is 11.4. The van der Waals surface area contributed by atoms with Gasteiger partial charge >= 0.3 is 5.97 Å². The zero-order chi connectivity index (χ0) is 15.0. The molecule has 1 amide bonds. The second-order valence-electron chi connectivity index (χ2n) is 5.02. The minimum Gasteiger partial charge on any atom is -0.481 e. The molecule has 3 rings (SSSR count). The lowest BCUT2D eigenvalue weighted by Crippen LogP contribution is -2.41. The molecule has 1 aliphatic heterocycles. The van der Waals surface area contributed by atoms with Crippen LogP contribution in [0.1, 0.15) is 33.5 Å². The van der Waals surface area contributed by atoms with Crippen LogP contribution >= 0.6 is 0 Å². The van der Waals surface area contributed by atoms with E-state index in [2.05, 4.69) is 15.2 Å². The Labute approximate surface area is 120 Å². The van der Waals surface area contributed by atoms with Crippen molar-refractivity contribution in [3.05, 3.63) is 47.0 Å². The number of aromatic nitrogens is 3. The Morgan fingerprint density at radius 1 is 1.38 bits per heavy atom. The Morgan fingerprint density at radius 2 is 2.14 bits per heavy atom. The van der Waals surface area contributed by atoms with E-state index in [1.54, 1.807) is 13.0 Å². The second-order valence-corrected chi connectivity index (χ2v) is 5.02. The van der Waals surface area contributed by atoms with Crippen LogP contribution in [0.2, 0.25) is 0 Å². The van der Waals surface area contributed by atoms with E-state index in [9.17, 15) is 14.7 Å².